The number of aliphatic carboxylic acids is 1. The molecule has 15 atom stereocenters. The van der Waals surface area contributed by atoms with E-state index in [0.717, 1.165) is 6.92 Å². The Bertz CT molecular complexity index is 4130. The maximum atomic E-state index is 14.6. The molecule has 138 heavy (non-hydrogen) atoms. The highest BCUT2D eigenvalue weighted by molar-refractivity contribution is 6.01. The summed E-state index contributed by atoms with van der Waals surface area (Å²) < 4.78 is 0. The highest BCUT2D eigenvalue weighted by atomic mass is 16.4. The molecule has 0 spiro atoms. The molecule has 778 valence electrons. The zero-order valence-electron chi connectivity index (χ0n) is 78.2. The third-order valence-electron chi connectivity index (χ3n) is 21.7. The van der Waals surface area contributed by atoms with Crippen molar-refractivity contribution in [2.24, 2.45) is 57.5 Å². The van der Waals surface area contributed by atoms with Gasteiger partial charge in [0.15, 0.2) is 41.7 Å². The number of rotatable bonds is 67. The second kappa shape index (κ2) is 65.4. The minimum atomic E-state index is -1.87. The van der Waals surface area contributed by atoms with Crippen LogP contribution in [0.5, 0.6) is 0 Å². The molecule has 0 unspecified atom stereocenters. The molecule has 59 heteroatoms. The molecule has 0 aromatic carbocycles. The van der Waals surface area contributed by atoms with Crippen molar-refractivity contribution in [3.05, 3.63) is 0 Å². The molecule has 16 amide bonds. The lowest BCUT2D eigenvalue weighted by Crippen LogP contribution is -2.60. The number of aliphatic hydroxyl groups excluding tert-OH is 2. The van der Waals surface area contributed by atoms with Crippen molar-refractivity contribution in [3.63, 3.8) is 0 Å². The zero-order valence-corrected chi connectivity index (χ0v) is 78.2. The maximum Gasteiger partial charge on any atom is 0.326 e. The van der Waals surface area contributed by atoms with Crippen LogP contribution in [0, 0.1) is 43.8 Å². The fourth-order valence-electron chi connectivity index (χ4n) is 14.2. The van der Waals surface area contributed by atoms with Gasteiger partial charge in [-0.3, -0.25) is 115 Å². The Labute approximate surface area is 797 Å². The largest absolute Gasteiger partial charge is 0.480 e. The lowest BCUT2D eigenvalue weighted by atomic mass is 9.96. The average molecular weight is 1960 g/mol. The van der Waals surface area contributed by atoms with Gasteiger partial charge < -0.3 is 188 Å². The van der Waals surface area contributed by atoms with E-state index in [1.165, 1.54) is 9.80 Å². The number of nitrogens with two attached hydrogens (primary N) is 9. The summed E-state index contributed by atoms with van der Waals surface area (Å²) in [5.41, 5.74) is 49.6. The molecule has 0 aromatic rings. The van der Waals surface area contributed by atoms with Gasteiger partial charge in [0.2, 0.25) is 94.5 Å². The predicted molar refractivity (Wildman–Crippen MR) is 502 cm³/mol. The molecule has 2 rings (SSSR count). The van der Waals surface area contributed by atoms with Crippen molar-refractivity contribution in [1.29, 1.82) is 37.9 Å². The molecule has 2 saturated heterocycles. The van der Waals surface area contributed by atoms with E-state index in [0.29, 0.717) is 12.8 Å². The Kier molecular flexibility index (Phi) is 56.8. The van der Waals surface area contributed by atoms with Crippen LogP contribution in [0.2, 0.25) is 0 Å². The number of carbonyl (C=O) groups excluding carboxylic acids is 16. The topological polar surface area (TPSA) is 1010 Å². The second-order valence-corrected chi connectivity index (χ2v) is 32.9. The maximum absolute atomic E-state index is 14.6. The highest BCUT2D eigenvalue weighted by Crippen LogP contribution is 2.23. The van der Waals surface area contributed by atoms with Crippen LogP contribution < -0.4 is 163 Å². The lowest BCUT2D eigenvalue weighted by Gasteiger charge is -2.31. The fraction of sp³-hybridized carbons (Fsp3) is 0.696. The van der Waals surface area contributed by atoms with Crippen LogP contribution in [-0.4, -0.2) is 350 Å². The van der Waals surface area contributed by atoms with Gasteiger partial charge in [-0.05, 0) is 154 Å². The van der Waals surface area contributed by atoms with Gasteiger partial charge in [-0.1, -0.05) is 20.3 Å². The van der Waals surface area contributed by atoms with Crippen molar-refractivity contribution in [3.8, 4) is 0 Å². The first-order valence-electron chi connectivity index (χ1n) is 45.5. The fourth-order valence-corrected chi connectivity index (χ4v) is 14.2. The van der Waals surface area contributed by atoms with Crippen LogP contribution in [0.25, 0.3) is 0 Å². The number of amides is 16. The molecule has 2 heterocycles. The summed E-state index contributed by atoms with van der Waals surface area (Å²) in [6, 6.07) is -18.7. The Hall–Kier alpha value is -14.3. The first-order valence-corrected chi connectivity index (χ1v) is 45.5. The number of guanidine groups is 7. The Morgan fingerprint density at radius 3 is 1.01 bits per heavy atom. The van der Waals surface area contributed by atoms with Gasteiger partial charge in [0.25, 0.3) is 0 Å². The first-order chi connectivity index (χ1) is 65.2. The molecule has 49 N–H and O–H groups in total. The summed E-state index contributed by atoms with van der Waals surface area (Å²) in [5, 5.41) is 136. The molecular weight excluding hydrogens is 1820 g/mol. The predicted octanol–water partition coefficient (Wildman–Crippen LogP) is -14.9. The Morgan fingerprint density at radius 2 is 0.645 bits per heavy atom. The third kappa shape index (κ3) is 48.3. The number of carbonyl (C=O) groups is 17. The summed E-state index contributed by atoms with van der Waals surface area (Å²) in [6.07, 6.45) is -0.721. The van der Waals surface area contributed by atoms with Crippen molar-refractivity contribution in [2.45, 2.75) is 247 Å². The second-order valence-electron chi connectivity index (χ2n) is 32.9. The molecule has 0 radical (unpaired) electrons. The van der Waals surface area contributed by atoms with Gasteiger partial charge in [-0.25, -0.2) is 4.79 Å². The normalized spacial score (nSPS) is 15.9. The molecule has 0 saturated carbocycles. The molecule has 0 aliphatic carbocycles. The number of nitrogens with one attached hydrogen (secondary N) is 28. The summed E-state index contributed by atoms with van der Waals surface area (Å²) in [6.45, 7) is 0.966. The monoisotopic (exact) mass is 1960 g/mol. The van der Waals surface area contributed by atoms with Crippen LogP contribution in [0.4, 0.5) is 0 Å². The Morgan fingerprint density at radius 1 is 0.348 bits per heavy atom. The van der Waals surface area contributed by atoms with Crippen LogP contribution in [0.3, 0.4) is 0 Å². The van der Waals surface area contributed by atoms with E-state index in [9.17, 15) is 96.8 Å². The third-order valence-corrected chi connectivity index (χ3v) is 21.7. The van der Waals surface area contributed by atoms with Crippen LogP contribution in [-0.2, 0) is 81.5 Å². The van der Waals surface area contributed by atoms with Crippen molar-refractivity contribution in [1.82, 2.24) is 121 Å². The number of unbranched alkanes of at least 4 members (excludes halogenated alkanes) is 1. The van der Waals surface area contributed by atoms with Gasteiger partial charge in [0, 0.05) is 58.9 Å². The van der Waals surface area contributed by atoms with Crippen molar-refractivity contribution in [2.75, 3.05) is 98.2 Å². The molecule has 0 aromatic heterocycles. The summed E-state index contributed by atoms with van der Waals surface area (Å²) in [7, 11) is 0. The smallest absolute Gasteiger partial charge is 0.326 e. The first kappa shape index (κ1) is 120. The van der Waals surface area contributed by atoms with E-state index >= 15 is 0 Å². The minimum Gasteiger partial charge on any atom is -0.480 e. The van der Waals surface area contributed by atoms with Gasteiger partial charge >= 0.3 is 5.97 Å². The average Bonchev–Trinajstić information content (AvgIpc) is 1.65. The molecule has 2 fully saturated rings. The van der Waals surface area contributed by atoms with Gasteiger partial charge in [0.1, 0.15) is 78.5 Å². The molecule has 2 aliphatic heterocycles. The van der Waals surface area contributed by atoms with Gasteiger partial charge in [0.05, 0.1) is 38.9 Å². The van der Waals surface area contributed by atoms with E-state index < -0.39 is 254 Å². The number of hydrogen-bond donors (Lipinski definition) is 40. The van der Waals surface area contributed by atoms with Crippen LogP contribution >= 0.6 is 0 Å². The quantitative estimate of drug-likeness (QED) is 0.0153. The van der Waals surface area contributed by atoms with Crippen LogP contribution in [0.15, 0.2) is 0 Å². The number of aliphatic hydroxyl groups is 2. The van der Waals surface area contributed by atoms with E-state index in [4.69, 9.17) is 89.5 Å². The highest BCUT2D eigenvalue weighted by Gasteiger charge is 2.43. The summed E-state index contributed by atoms with van der Waals surface area (Å²) >= 11 is 0. The molecule has 0 bridgehead atoms. The molecule has 2 aliphatic rings. The number of likely N-dealkylation sites (tertiary alicyclic amines) is 2. The lowest BCUT2D eigenvalue weighted by molar-refractivity contribution is -0.144. The minimum absolute atomic E-state index is 0.00264. The summed E-state index contributed by atoms with van der Waals surface area (Å²) in [4.78, 5) is 239. The van der Waals surface area contributed by atoms with Crippen molar-refractivity contribution >= 4 is 142 Å². The zero-order chi connectivity index (χ0) is 104. The number of hydrogen-bond acceptors (Lipinski definition) is 28. The van der Waals surface area contributed by atoms with E-state index in [-0.39, 0.29) is 206 Å². The number of nitrogens with zero attached hydrogens (tertiary/aromatic N) is 2. The van der Waals surface area contributed by atoms with Gasteiger partial charge in [-0.2, -0.15) is 0 Å². The van der Waals surface area contributed by atoms with Crippen LogP contribution in [0.1, 0.15) is 162 Å². The van der Waals surface area contributed by atoms with Gasteiger partial charge in [-0.15, -0.1) is 0 Å². The van der Waals surface area contributed by atoms with E-state index in [1.54, 1.807) is 13.8 Å². The van der Waals surface area contributed by atoms with E-state index in [2.05, 4.69) is 112 Å². The standard InChI is InChI=1S/C79H147N39O20/c1-4-41(2)58(69(134)112-48(20-10-30-99-76(88)89)65(130)114-51(72(137)138)23-13-33-102-79(94)95)116-66(131)49(21-11-31-100-77(90)91)109-64(129)47(19-9-29-98-75(86)87)108-55(122)37-103-61(126)44(16-5-6-26-80)107-54(121)36-104-63(128)46(18-8-28-97-74(84)85)111-70(135)59(42(3)120)115-56(123)38-105-62(127)45(17-7-27-96-73(82)83)110-68(133)53-25-15-35-118(53)71(136)50(22-12-32-101-78(92)93)113-67(132)52-24-14-34-117(52)57(124)39-106-60(125)43(81)40-119/h41-53,58-59,119-120H,4-40,80-81H2,1-3H3,(H,103,126)(H,104,128)(H,105,127)(H,106,125)(H,107,121)(H,108,122)(H,109,129)(H,110,133)(H,111,135)(H,112,134)(H,113,132)(H,114,130)(H,115,123)(H,116,131)(H,137,138)(H4,82,83,96)(H4,84,85,97)(H4,86,87,98)(H4,88,89,99)(H4,90,91,100)(H4,92,93,101)(H4,94,95,102)/t41-,42+,43-,44-,45-,46-,47-,48-,49-,50-,51-,52-,53-,58-,59-/m0/s1. The van der Waals surface area contributed by atoms with E-state index in [1.807, 2.05) is 0 Å². The Balaban J connectivity index is 2.40. The summed E-state index contributed by atoms with van der Waals surface area (Å²) in [5.74, 6) is -19.7. The molecule has 59 nitrogen and oxygen atoms in total. The van der Waals surface area contributed by atoms with Crippen molar-refractivity contribution < 1.29 is 96.8 Å². The SMILES string of the molecule is CC[C@H](C)[C@H](NC(=O)[C@H](CCCNC(=N)N)NC(=O)[C@H](CCCNC(=N)N)NC(=O)CNC(=O)[C@H](CCCCN)NC(=O)CNC(=O)[C@H](CCCNC(=N)N)NC(=O)[C@@H](NC(=O)CNC(=O)[C@H](CCCNC(=N)N)NC(=O)[C@@H]1CCCN1C(=O)[C@H](CCCNC(=N)N)NC(=O)[C@@H]1CCCN1C(=O)CNC(=O)[C@@H](N)CO)[C@@H](C)O)C(=O)N[C@@H](CCCNC(=N)N)C(=O)N[C@@H](CCCNC(=N)N)C(=O)O. The molecular formula is C79H147N39O20. The number of carboxylic acids is 1. The number of carboxylic acid groups (broad SMARTS) is 1.